The highest BCUT2D eigenvalue weighted by Crippen LogP contribution is 2.25. The zero-order valence-corrected chi connectivity index (χ0v) is 18.3. The number of amides is 2. The molecule has 2 amide bonds. The first-order valence-electron chi connectivity index (χ1n) is 9.34. The summed E-state index contributed by atoms with van der Waals surface area (Å²) in [6.07, 6.45) is -0.786. The topological polar surface area (TPSA) is 76.7 Å². The van der Waals surface area contributed by atoms with Crippen LogP contribution in [-0.2, 0) is 4.79 Å². The minimum atomic E-state index is -0.786. The fourth-order valence-corrected chi connectivity index (χ4v) is 3.28. The molecule has 8 heteroatoms. The summed E-state index contributed by atoms with van der Waals surface area (Å²) in [5.41, 5.74) is 1.48. The lowest BCUT2D eigenvalue weighted by Crippen LogP contribution is -2.30. The predicted molar refractivity (Wildman–Crippen MR) is 123 cm³/mol. The first-order chi connectivity index (χ1) is 14.9. The van der Waals surface area contributed by atoms with Gasteiger partial charge in [0, 0.05) is 21.3 Å². The van der Waals surface area contributed by atoms with E-state index in [1.165, 1.54) is 7.11 Å². The SMILES string of the molecule is COc1ccccc1NC(=O)c1ccc(OC(C)C(=O)Nc2cc(Cl)cc(Cl)c2)cc1. The Hall–Kier alpha value is -3.22. The molecule has 1 unspecified atom stereocenters. The molecule has 0 aliphatic heterocycles. The largest absolute Gasteiger partial charge is 0.495 e. The van der Waals surface area contributed by atoms with Gasteiger partial charge in [-0.25, -0.2) is 0 Å². The van der Waals surface area contributed by atoms with Crippen LogP contribution in [0.5, 0.6) is 11.5 Å². The number of nitrogens with one attached hydrogen (secondary N) is 2. The summed E-state index contributed by atoms with van der Waals surface area (Å²) >= 11 is 11.9. The van der Waals surface area contributed by atoms with Crippen LogP contribution in [-0.4, -0.2) is 25.0 Å². The molecule has 0 saturated carbocycles. The van der Waals surface area contributed by atoms with Gasteiger partial charge in [-0.05, 0) is 61.5 Å². The van der Waals surface area contributed by atoms with Crippen molar-refractivity contribution in [2.24, 2.45) is 0 Å². The predicted octanol–water partition coefficient (Wildman–Crippen LogP) is 5.66. The van der Waals surface area contributed by atoms with Crippen LogP contribution in [0.1, 0.15) is 17.3 Å². The van der Waals surface area contributed by atoms with Gasteiger partial charge in [-0.1, -0.05) is 35.3 Å². The average Bonchev–Trinajstić information content (AvgIpc) is 2.73. The molecule has 3 aromatic rings. The number of anilines is 2. The lowest BCUT2D eigenvalue weighted by atomic mass is 10.2. The lowest BCUT2D eigenvalue weighted by molar-refractivity contribution is -0.122. The van der Waals surface area contributed by atoms with Gasteiger partial charge < -0.3 is 20.1 Å². The molecule has 1 atom stereocenters. The van der Waals surface area contributed by atoms with Crippen molar-refractivity contribution in [1.82, 2.24) is 0 Å². The summed E-state index contributed by atoms with van der Waals surface area (Å²) in [6.45, 7) is 1.61. The van der Waals surface area contributed by atoms with Crippen LogP contribution >= 0.6 is 23.2 Å². The van der Waals surface area contributed by atoms with Gasteiger partial charge in [-0.2, -0.15) is 0 Å². The van der Waals surface area contributed by atoms with Crippen molar-refractivity contribution in [3.8, 4) is 11.5 Å². The summed E-state index contributed by atoms with van der Waals surface area (Å²) in [5.74, 6) is 0.355. The number of hydrogen-bond acceptors (Lipinski definition) is 4. The second kappa shape index (κ2) is 10.2. The Morgan fingerprint density at radius 2 is 1.55 bits per heavy atom. The third-order valence-corrected chi connectivity index (χ3v) is 4.72. The van der Waals surface area contributed by atoms with Crippen molar-refractivity contribution in [3.63, 3.8) is 0 Å². The van der Waals surface area contributed by atoms with E-state index in [0.717, 1.165) is 0 Å². The number of carbonyl (C=O) groups is 2. The molecule has 0 spiro atoms. The molecule has 3 rings (SSSR count). The normalized spacial score (nSPS) is 11.4. The van der Waals surface area contributed by atoms with Crippen molar-refractivity contribution < 1.29 is 19.1 Å². The Morgan fingerprint density at radius 3 is 2.19 bits per heavy atom. The molecular formula is C23H20Cl2N2O4. The van der Waals surface area contributed by atoms with Crippen LogP contribution in [0.3, 0.4) is 0 Å². The van der Waals surface area contributed by atoms with E-state index >= 15 is 0 Å². The second-order valence-corrected chi connectivity index (χ2v) is 7.46. The monoisotopic (exact) mass is 458 g/mol. The molecule has 0 heterocycles. The third kappa shape index (κ3) is 6.13. The lowest BCUT2D eigenvalue weighted by Gasteiger charge is -2.15. The van der Waals surface area contributed by atoms with Crippen molar-refractivity contribution in [2.45, 2.75) is 13.0 Å². The summed E-state index contributed by atoms with van der Waals surface area (Å²) in [4.78, 5) is 24.9. The van der Waals surface area contributed by atoms with E-state index in [0.29, 0.717) is 38.5 Å². The van der Waals surface area contributed by atoms with Crippen molar-refractivity contribution in [3.05, 3.63) is 82.3 Å². The van der Waals surface area contributed by atoms with E-state index in [9.17, 15) is 9.59 Å². The van der Waals surface area contributed by atoms with E-state index < -0.39 is 6.10 Å². The van der Waals surface area contributed by atoms with Gasteiger partial charge >= 0.3 is 0 Å². The van der Waals surface area contributed by atoms with Gasteiger partial charge in [-0.15, -0.1) is 0 Å². The highest BCUT2D eigenvalue weighted by atomic mass is 35.5. The van der Waals surface area contributed by atoms with Crippen molar-refractivity contribution >= 4 is 46.4 Å². The fraction of sp³-hybridized carbons (Fsp3) is 0.130. The molecule has 0 fully saturated rings. The minimum absolute atomic E-state index is 0.292. The average molecular weight is 459 g/mol. The van der Waals surface area contributed by atoms with Crippen LogP contribution in [0.15, 0.2) is 66.7 Å². The number of ether oxygens (including phenoxy) is 2. The van der Waals surface area contributed by atoms with E-state index in [1.807, 2.05) is 6.07 Å². The highest BCUT2D eigenvalue weighted by molar-refractivity contribution is 6.35. The number of para-hydroxylation sites is 2. The summed E-state index contributed by atoms with van der Waals surface area (Å²) in [5, 5.41) is 6.33. The van der Waals surface area contributed by atoms with Crippen LogP contribution in [0.25, 0.3) is 0 Å². The Labute approximate surface area is 190 Å². The number of carbonyl (C=O) groups excluding carboxylic acids is 2. The summed E-state index contributed by atoms with van der Waals surface area (Å²) < 4.78 is 10.9. The zero-order chi connectivity index (χ0) is 22.4. The smallest absolute Gasteiger partial charge is 0.265 e. The first kappa shape index (κ1) is 22.5. The molecule has 0 aliphatic rings. The third-order valence-electron chi connectivity index (χ3n) is 4.28. The molecule has 31 heavy (non-hydrogen) atoms. The van der Waals surface area contributed by atoms with E-state index in [-0.39, 0.29) is 11.8 Å². The van der Waals surface area contributed by atoms with E-state index in [4.69, 9.17) is 32.7 Å². The Kier molecular flexibility index (Phi) is 7.39. The molecule has 160 valence electrons. The molecule has 3 aromatic carbocycles. The molecule has 6 nitrogen and oxygen atoms in total. The quantitative estimate of drug-likeness (QED) is 0.478. The molecule has 0 bridgehead atoms. The Balaban J connectivity index is 1.60. The molecule has 0 aliphatic carbocycles. The fourth-order valence-electron chi connectivity index (χ4n) is 2.75. The van der Waals surface area contributed by atoms with E-state index in [2.05, 4.69) is 10.6 Å². The summed E-state index contributed by atoms with van der Waals surface area (Å²) in [7, 11) is 1.54. The highest BCUT2D eigenvalue weighted by Gasteiger charge is 2.16. The maximum atomic E-state index is 12.5. The maximum Gasteiger partial charge on any atom is 0.265 e. The number of rotatable bonds is 7. The van der Waals surface area contributed by atoms with Crippen LogP contribution < -0.4 is 20.1 Å². The van der Waals surface area contributed by atoms with Crippen molar-refractivity contribution in [1.29, 1.82) is 0 Å². The number of halogens is 2. The Bertz CT molecular complexity index is 1070. The molecule has 2 N–H and O–H groups in total. The van der Waals surface area contributed by atoms with Crippen molar-refractivity contribution in [2.75, 3.05) is 17.7 Å². The molecule has 0 aromatic heterocycles. The zero-order valence-electron chi connectivity index (χ0n) is 16.8. The van der Waals surface area contributed by atoms with E-state index in [1.54, 1.807) is 67.6 Å². The van der Waals surface area contributed by atoms with Crippen LogP contribution in [0.2, 0.25) is 10.0 Å². The number of hydrogen-bond donors (Lipinski definition) is 2. The van der Waals surface area contributed by atoms with Crippen LogP contribution in [0, 0.1) is 0 Å². The van der Waals surface area contributed by atoms with Gasteiger partial charge in [0.05, 0.1) is 12.8 Å². The summed E-state index contributed by atoms with van der Waals surface area (Å²) in [6, 6.07) is 18.4. The number of methoxy groups -OCH3 is 1. The maximum absolute atomic E-state index is 12.5. The van der Waals surface area contributed by atoms with Crippen LogP contribution in [0.4, 0.5) is 11.4 Å². The van der Waals surface area contributed by atoms with Gasteiger partial charge in [-0.3, -0.25) is 9.59 Å². The molecule has 0 radical (unpaired) electrons. The van der Waals surface area contributed by atoms with Gasteiger partial charge in [0.15, 0.2) is 6.10 Å². The van der Waals surface area contributed by atoms with Gasteiger partial charge in [0.1, 0.15) is 11.5 Å². The minimum Gasteiger partial charge on any atom is -0.495 e. The van der Waals surface area contributed by atoms with Gasteiger partial charge in [0.25, 0.3) is 11.8 Å². The first-order valence-corrected chi connectivity index (χ1v) is 10.1. The standard InChI is InChI=1S/C23H20Cl2N2O4/c1-14(22(28)26-18-12-16(24)11-17(25)13-18)31-19-9-7-15(8-10-19)23(29)27-20-5-3-4-6-21(20)30-2/h3-14H,1-2H3,(H,26,28)(H,27,29). The molecule has 0 saturated heterocycles. The van der Waals surface area contributed by atoms with Gasteiger partial charge in [0.2, 0.25) is 0 Å². The number of benzene rings is 3. The second-order valence-electron chi connectivity index (χ2n) is 6.59. The molecular weight excluding hydrogens is 439 g/mol. The Morgan fingerprint density at radius 1 is 0.903 bits per heavy atom.